The van der Waals surface area contributed by atoms with Crippen LogP contribution in [0, 0.1) is 5.92 Å². The van der Waals surface area contributed by atoms with Crippen molar-refractivity contribution in [3.63, 3.8) is 0 Å². The lowest BCUT2D eigenvalue weighted by atomic mass is 9.95. The molecule has 0 bridgehead atoms. The molecule has 0 atom stereocenters. The van der Waals surface area contributed by atoms with Gasteiger partial charge in [0, 0.05) is 36.7 Å². The van der Waals surface area contributed by atoms with E-state index in [4.69, 9.17) is 15.2 Å². The number of carbonyl (C=O) groups is 2. The number of likely N-dealkylation sites (tertiary alicyclic amines) is 1. The van der Waals surface area contributed by atoms with Crippen molar-refractivity contribution < 1.29 is 19.1 Å². The molecule has 1 saturated heterocycles. The molecule has 0 aliphatic carbocycles. The van der Waals surface area contributed by atoms with Crippen molar-refractivity contribution in [1.29, 1.82) is 0 Å². The molecule has 1 fully saturated rings. The zero-order valence-corrected chi connectivity index (χ0v) is 15.1. The molecule has 6 nitrogen and oxygen atoms in total. The number of nitrogens with two attached hydrogens (primary N) is 1. The highest BCUT2D eigenvalue weighted by Gasteiger charge is 2.26. The van der Waals surface area contributed by atoms with E-state index in [2.05, 4.69) is 6.92 Å². The molecule has 2 amide bonds. The van der Waals surface area contributed by atoms with Crippen molar-refractivity contribution in [2.45, 2.75) is 39.7 Å². The average Bonchev–Trinajstić information content (AvgIpc) is 2.63. The topological polar surface area (TPSA) is 81.9 Å². The number of nitrogens with zero attached hydrogens (tertiary/aromatic N) is 1. The first-order valence-corrected chi connectivity index (χ1v) is 8.98. The van der Waals surface area contributed by atoms with Crippen molar-refractivity contribution in [1.82, 2.24) is 4.90 Å². The van der Waals surface area contributed by atoms with Gasteiger partial charge < -0.3 is 20.1 Å². The van der Waals surface area contributed by atoms with Crippen molar-refractivity contribution >= 4 is 11.8 Å². The third kappa shape index (κ3) is 5.19. The molecule has 0 unspecified atom stereocenters. The molecule has 2 N–H and O–H groups in total. The molecule has 1 aliphatic heterocycles. The lowest BCUT2D eigenvalue weighted by Gasteiger charge is -2.30. The first-order chi connectivity index (χ1) is 12.1. The largest absolute Gasteiger partial charge is 0.494 e. The number of hydrogen-bond donors (Lipinski definition) is 1. The zero-order valence-electron chi connectivity index (χ0n) is 15.1. The lowest BCUT2D eigenvalue weighted by molar-refractivity contribution is -0.123. The molecule has 138 valence electrons. The van der Waals surface area contributed by atoms with E-state index in [0.717, 1.165) is 17.7 Å². The Kier molecular flexibility index (Phi) is 7.25. The van der Waals surface area contributed by atoms with Crippen LogP contribution < -0.4 is 10.5 Å². The fraction of sp³-hybridized carbons (Fsp3) is 0.579. The zero-order chi connectivity index (χ0) is 18.2. The second kappa shape index (κ2) is 9.42. The number of rotatable bonds is 8. The first kappa shape index (κ1) is 19.2. The minimum Gasteiger partial charge on any atom is -0.494 e. The predicted molar refractivity (Wildman–Crippen MR) is 95.4 cm³/mol. The van der Waals surface area contributed by atoms with E-state index in [1.54, 1.807) is 11.0 Å². The van der Waals surface area contributed by atoms with Gasteiger partial charge in [0.2, 0.25) is 5.91 Å². The van der Waals surface area contributed by atoms with Crippen LogP contribution in [0.5, 0.6) is 5.75 Å². The van der Waals surface area contributed by atoms with Crippen molar-refractivity contribution in [2.75, 3.05) is 26.3 Å². The highest BCUT2D eigenvalue weighted by atomic mass is 16.5. The number of benzene rings is 1. The van der Waals surface area contributed by atoms with Crippen LogP contribution in [0.1, 0.15) is 49.0 Å². The van der Waals surface area contributed by atoms with Crippen LogP contribution in [0.15, 0.2) is 18.2 Å². The van der Waals surface area contributed by atoms with Gasteiger partial charge in [-0.3, -0.25) is 9.59 Å². The van der Waals surface area contributed by atoms with Crippen LogP contribution in [0.25, 0.3) is 0 Å². The maximum Gasteiger partial charge on any atom is 0.253 e. The summed E-state index contributed by atoms with van der Waals surface area (Å²) in [6, 6.07) is 5.47. The van der Waals surface area contributed by atoms with Crippen molar-refractivity contribution in [3.05, 3.63) is 29.3 Å². The fourth-order valence-electron chi connectivity index (χ4n) is 3.00. The molecule has 1 aliphatic rings. The molecular formula is C19H28N2O4. The molecule has 0 radical (unpaired) electrons. The molecule has 25 heavy (non-hydrogen) atoms. The van der Waals surface area contributed by atoms with Crippen LogP contribution in [-0.4, -0.2) is 43.0 Å². The Morgan fingerprint density at radius 1 is 1.24 bits per heavy atom. The monoisotopic (exact) mass is 348 g/mol. The Labute approximate surface area is 149 Å². The van der Waals surface area contributed by atoms with Gasteiger partial charge in [0.1, 0.15) is 5.75 Å². The van der Waals surface area contributed by atoms with Crippen LogP contribution in [0.2, 0.25) is 0 Å². The molecule has 1 aromatic rings. The third-order valence-electron chi connectivity index (χ3n) is 4.40. The van der Waals surface area contributed by atoms with E-state index in [-0.39, 0.29) is 17.7 Å². The van der Waals surface area contributed by atoms with E-state index >= 15 is 0 Å². The number of hydrogen-bond acceptors (Lipinski definition) is 4. The number of amides is 2. The molecule has 1 heterocycles. The second-order valence-corrected chi connectivity index (χ2v) is 6.28. The van der Waals surface area contributed by atoms with Gasteiger partial charge in [0.05, 0.1) is 13.2 Å². The first-order valence-electron chi connectivity index (χ1n) is 8.98. The Morgan fingerprint density at radius 3 is 2.56 bits per heavy atom. The Balaban J connectivity index is 2.08. The average molecular weight is 348 g/mol. The van der Waals surface area contributed by atoms with Crippen LogP contribution in [0.3, 0.4) is 0 Å². The van der Waals surface area contributed by atoms with Crippen LogP contribution in [-0.2, 0) is 16.1 Å². The van der Waals surface area contributed by atoms with E-state index in [0.29, 0.717) is 51.3 Å². The minimum absolute atomic E-state index is 0.0253. The normalized spacial score (nSPS) is 15.2. The summed E-state index contributed by atoms with van der Waals surface area (Å²) in [5.74, 6) is 0.330. The number of primary amides is 1. The summed E-state index contributed by atoms with van der Waals surface area (Å²) < 4.78 is 11.3. The van der Waals surface area contributed by atoms with E-state index in [1.807, 2.05) is 19.1 Å². The Bertz CT molecular complexity index is 595. The van der Waals surface area contributed by atoms with E-state index in [1.165, 1.54) is 0 Å². The standard InChI is InChI=1S/C19H28N2O4/c1-3-11-24-13-16-12-15(5-6-17(16)25-4-2)19(23)21-9-7-14(8-10-21)18(20)22/h5-6,12,14H,3-4,7-11,13H2,1-2H3,(H2,20,22). The van der Waals surface area contributed by atoms with Crippen LogP contribution in [0.4, 0.5) is 0 Å². The second-order valence-electron chi connectivity index (χ2n) is 6.28. The number of piperidine rings is 1. The fourth-order valence-corrected chi connectivity index (χ4v) is 3.00. The predicted octanol–water partition coefficient (Wildman–Crippen LogP) is 2.35. The number of carbonyl (C=O) groups excluding carboxylic acids is 2. The Morgan fingerprint density at radius 2 is 1.96 bits per heavy atom. The summed E-state index contributed by atoms with van der Waals surface area (Å²) in [5.41, 5.74) is 6.86. The molecular weight excluding hydrogens is 320 g/mol. The molecule has 1 aromatic carbocycles. The van der Waals surface area contributed by atoms with Gasteiger partial charge in [0.25, 0.3) is 5.91 Å². The molecule has 6 heteroatoms. The molecule has 2 rings (SSSR count). The maximum atomic E-state index is 12.8. The summed E-state index contributed by atoms with van der Waals surface area (Å²) in [6.07, 6.45) is 2.20. The van der Waals surface area contributed by atoms with Gasteiger partial charge in [-0.05, 0) is 44.4 Å². The Hall–Kier alpha value is -2.08. The van der Waals surface area contributed by atoms with Crippen molar-refractivity contribution in [2.24, 2.45) is 11.7 Å². The lowest BCUT2D eigenvalue weighted by Crippen LogP contribution is -2.41. The molecule has 0 spiro atoms. The van der Waals surface area contributed by atoms with Crippen LogP contribution >= 0.6 is 0 Å². The van der Waals surface area contributed by atoms with E-state index in [9.17, 15) is 9.59 Å². The smallest absolute Gasteiger partial charge is 0.253 e. The summed E-state index contributed by atoms with van der Waals surface area (Å²) in [7, 11) is 0. The SMILES string of the molecule is CCCOCc1cc(C(=O)N2CCC(C(N)=O)CC2)ccc1OCC. The summed E-state index contributed by atoms with van der Waals surface area (Å²) >= 11 is 0. The van der Waals surface area contributed by atoms with Gasteiger partial charge in [-0.15, -0.1) is 0 Å². The van der Waals surface area contributed by atoms with Crippen molar-refractivity contribution in [3.8, 4) is 5.75 Å². The highest BCUT2D eigenvalue weighted by molar-refractivity contribution is 5.94. The van der Waals surface area contributed by atoms with Gasteiger partial charge in [-0.25, -0.2) is 0 Å². The summed E-state index contributed by atoms with van der Waals surface area (Å²) in [4.78, 5) is 25.8. The number of ether oxygens (including phenoxy) is 2. The van der Waals surface area contributed by atoms with Gasteiger partial charge in [0.15, 0.2) is 0 Å². The summed E-state index contributed by atoms with van der Waals surface area (Å²) in [6.45, 7) is 6.76. The maximum absolute atomic E-state index is 12.8. The third-order valence-corrected chi connectivity index (χ3v) is 4.40. The minimum atomic E-state index is -0.275. The van der Waals surface area contributed by atoms with E-state index < -0.39 is 0 Å². The van der Waals surface area contributed by atoms with Gasteiger partial charge in [-0.1, -0.05) is 6.92 Å². The van der Waals surface area contributed by atoms with Gasteiger partial charge >= 0.3 is 0 Å². The molecule has 0 aromatic heterocycles. The summed E-state index contributed by atoms with van der Waals surface area (Å²) in [5, 5.41) is 0. The quantitative estimate of drug-likeness (QED) is 0.731. The molecule has 0 saturated carbocycles. The highest BCUT2D eigenvalue weighted by Crippen LogP contribution is 2.24. The van der Waals surface area contributed by atoms with Gasteiger partial charge in [-0.2, -0.15) is 0 Å².